The first-order valence-electron chi connectivity index (χ1n) is 6.46. The number of carbonyl (C=O) groups excluding carboxylic acids is 2. The lowest BCUT2D eigenvalue weighted by Gasteiger charge is -2.11. The molecule has 0 aromatic heterocycles. The molecule has 0 bridgehead atoms. The first-order valence-corrected chi connectivity index (χ1v) is 8.04. The summed E-state index contributed by atoms with van der Waals surface area (Å²) in [5, 5.41) is 5.59. The largest absolute Gasteiger partial charge is 0.354 e. The van der Waals surface area contributed by atoms with E-state index in [-0.39, 0.29) is 24.3 Å². The summed E-state index contributed by atoms with van der Waals surface area (Å²) in [7, 11) is 0. The molecule has 0 aliphatic carbocycles. The van der Waals surface area contributed by atoms with E-state index in [2.05, 4.69) is 42.5 Å². The minimum Gasteiger partial charge on any atom is -0.354 e. The summed E-state index contributed by atoms with van der Waals surface area (Å²) in [5.41, 5.74) is 0.550. The van der Waals surface area contributed by atoms with Gasteiger partial charge in [-0.1, -0.05) is 38.8 Å². The lowest BCUT2D eigenvalue weighted by Crippen LogP contribution is -2.35. The molecule has 0 aliphatic heterocycles. The van der Waals surface area contributed by atoms with Crippen LogP contribution in [-0.2, 0) is 4.79 Å². The van der Waals surface area contributed by atoms with Crippen LogP contribution in [0.5, 0.6) is 0 Å². The predicted molar refractivity (Wildman–Crippen MR) is 86.7 cm³/mol. The number of nitrogens with one attached hydrogen (secondary N) is 2. The number of hydrogen-bond donors (Lipinski definition) is 2. The van der Waals surface area contributed by atoms with Gasteiger partial charge in [0.25, 0.3) is 5.91 Å². The smallest absolute Gasteiger partial charge is 0.251 e. The van der Waals surface area contributed by atoms with Crippen molar-refractivity contribution in [1.29, 1.82) is 0 Å². The van der Waals surface area contributed by atoms with E-state index in [0.29, 0.717) is 12.1 Å². The van der Waals surface area contributed by atoms with Crippen LogP contribution in [0.25, 0.3) is 0 Å². The summed E-state index contributed by atoms with van der Waals surface area (Å²) in [4.78, 5) is 23.5. The molecule has 0 radical (unpaired) electrons. The summed E-state index contributed by atoms with van der Waals surface area (Å²) in [6.07, 6.45) is 1.18. The zero-order valence-electron chi connectivity index (χ0n) is 11.5. The SMILES string of the molecule is CCC(C)NC(=O)CCNC(=O)c1cc(Br)cc(Br)c1. The predicted octanol–water partition coefficient (Wildman–Crippen LogP) is 3.25. The lowest BCUT2D eigenvalue weighted by atomic mass is 10.2. The fourth-order valence-corrected chi connectivity index (χ4v) is 2.82. The number of amides is 2. The summed E-state index contributed by atoms with van der Waals surface area (Å²) < 4.78 is 1.65. The minimum atomic E-state index is -0.191. The van der Waals surface area contributed by atoms with Crippen molar-refractivity contribution in [3.63, 3.8) is 0 Å². The summed E-state index contributed by atoms with van der Waals surface area (Å²) >= 11 is 6.67. The fraction of sp³-hybridized carbons (Fsp3) is 0.429. The molecule has 0 heterocycles. The number of halogens is 2. The molecular weight excluding hydrogens is 388 g/mol. The molecule has 1 aromatic carbocycles. The van der Waals surface area contributed by atoms with E-state index in [1.807, 2.05) is 19.9 Å². The van der Waals surface area contributed by atoms with Gasteiger partial charge in [0.2, 0.25) is 5.91 Å². The van der Waals surface area contributed by atoms with E-state index in [1.165, 1.54) is 0 Å². The van der Waals surface area contributed by atoms with Crippen LogP contribution < -0.4 is 10.6 Å². The van der Waals surface area contributed by atoms with Crippen LogP contribution in [0.4, 0.5) is 0 Å². The highest BCUT2D eigenvalue weighted by atomic mass is 79.9. The maximum atomic E-state index is 11.9. The molecule has 4 nitrogen and oxygen atoms in total. The second-order valence-electron chi connectivity index (χ2n) is 4.54. The molecule has 2 amide bonds. The Balaban J connectivity index is 2.42. The van der Waals surface area contributed by atoms with Gasteiger partial charge in [-0.2, -0.15) is 0 Å². The Morgan fingerprint density at radius 1 is 1.20 bits per heavy atom. The third-order valence-corrected chi connectivity index (χ3v) is 3.70. The van der Waals surface area contributed by atoms with E-state index in [9.17, 15) is 9.59 Å². The van der Waals surface area contributed by atoms with Gasteiger partial charge in [-0.15, -0.1) is 0 Å². The Bertz CT molecular complexity index is 472. The van der Waals surface area contributed by atoms with Gasteiger partial charge in [-0.05, 0) is 31.5 Å². The maximum absolute atomic E-state index is 11.9. The molecule has 0 fully saturated rings. The van der Waals surface area contributed by atoms with Crippen molar-refractivity contribution in [2.45, 2.75) is 32.7 Å². The van der Waals surface area contributed by atoms with E-state index in [4.69, 9.17) is 0 Å². The van der Waals surface area contributed by atoms with Crippen molar-refractivity contribution >= 4 is 43.7 Å². The van der Waals surface area contributed by atoms with Crippen LogP contribution in [0.15, 0.2) is 27.1 Å². The van der Waals surface area contributed by atoms with Crippen LogP contribution in [0, 0.1) is 0 Å². The monoisotopic (exact) mass is 404 g/mol. The maximum Gasteiger partial charge on any atom is 0.251 e. The van der Waals surface area contributed by atoms with Crippen LogP contribution in [0.1, 0.15) is 37.0 Å². The summed E-state index contributed by atoms with van der Waals surface area (Å²) in [6, 6.07) is 5.49. The Labute approximate surface area is 136 Å². The molecule has 1 aromatic rings. The number of hydrogen-bond acceptors (Lipinski definition) is 2. The number of carbonyl (C=O) groups is 2. The third kappa shape index (κ3) is 6.05. The Morgan fingerprint density at radius 2 is 1.80 bits per heavy atom. The molecule has 0 saturated carbocycles. The van der Waals surface area contributed by atoms with Gasteiger partial charge in [-0.25, -0.2) is 0 Å². The van der Waals surface area contributed by atoms with Crippen molar-refractivity contribution in [1.82, 2.24) is 10.6 Å². The minimum absolute atomic E-state index is 0.0462. The highest BCUT2D eigenvalue weighted by molar-refractivity contribution is 9.11. The Kier molecular flexibility index (Phi) is 7.23. The average molecular weight is 406 g/mol. The molecule has 1 rings (SSSR count). The molecule has 0 spiro atoms. The van der Waals surface area contributed by atoms with Gasteiger partial charge < -0.3 is 10.6 Å². The molecule has 110 valence electrons. The third-order valence-electron chi connectivity index (χ3n) is 2.78. The van der Waals surface area contributed by atoms with Crippen LogP contribution in [-0.4, -0.2) is 24.4 Å². The molecule has 0 aliphatic rings. The van der Waals surface area contributed by atoms with Gasteiger partial charge in [0, 0.05) is 33.5 Å². The Hall–Kier alpha value is -0.880. The quantitative estimate of drug-likeness (QED) is 0.763. The van der Waals surface area contributed by atoms with Crippen molar-refractivity contribution in [3.8, 4) is 0 Å². The fourth-order valence-electron chi connectivity index (χ4n) is 1.53. The molecular formula is C14H18Br2N2O2. The normalized spacial score (nSPS) is 11.8. The van der Waals surface area contributed by atoms with Crippen molar-refractivity contribution in [3.05, 3.63) is 32.7 Å². The molecule has 2 N–H and O–H groups in total. The topological polar surface area (TPSA) is 58.2 Å². The molecule has 6 heteroatoms. The van der Waals surface area contributed by atoms with Crippen LogP contribution in [0.2, 0.25) is 0 Å². The van der Waals surface area contributed by atoms with E-state index < -0.39 is 0 Å². The van der Waals surface area contributed by atoms with Gasteiger partial charge >= 0.3 is 0 Å². The number of rotatable bonds is 6. The highest BCUT2D eigenvalue weighted by Gasteiger charge is 2.09. The standard InChI is InChI=1S/C14H18Br2N2O2/c1-3-9(2)18-13(19)4-5-17-14(20)10-6-11(15)8-12(16)7-10/h6-9H,3-5H2,1-2H3,(H,17,20)(H,18,19). The van der Waals surface area contributed by atoms with Crippen LogP contribution >= 0.6 is 31.9 Å². The lowest BCUT2D eigenvalue weighted by molar-refractivity contribution is -0.121. The zero-order chi connectivity index (χ0) is 15.1. The zero-order valence-corrected chi connectivity index (χ0v) is 14.7. The first-order chi connectivity index (χ1) is 9.42. The van der Waals surface area contributed by atoms with Gasteiger partial charge in [0.05, 0.1) is 0 Å². The second kappa shape index (κ2) is 8.42. The molecule has 0 saturated heterocycles. The van der Waals surface area contributed by atoms with E-state index >= 15 is 0 Å². The van der Waals surface area contributed by atoms with Crippen molar-refractivity contribution in [2.24, 2.45) is 0 Å². The summed E-state index contributed by atoms with van der Waals surface area (Å²) in [5.74, 6) is -0.238. The first kappa shape index (κ1) is 17.2. The molecule has 1 atom stereocenters. The van der Waals surface area contributed by atoms with Gasteiger partial charge in [0.15, 0.2) is 0 Å². The van der Waals surface area contributed by atoms with Crippen LogP contribution in [0.3, 0.4) is 0 Å². The van der Waals surface area contributed by atoms with Gasteiger partial charge in [-0.3, -0.25) is 9.59 Å². The van der Waals surface area contributed by atoms with E-state index in [0.717, 1.165) is 15.4 Å². The summed E-state index contributed by atoms with van der Waals surface area (Å²) in [6.45, 7) is 4.29. The highest BCUT2D eigenvalue weighted by Crippen LogP contribution is 2.19. The van der Waals surface area contributed by atoms with Crippen molar-refractivity contribution in [2.75, 3.05) is 6.54 Å². The van der Waals surface area contributed by atoms with Crippen molar-refractivity contribution < 1.29 is 9.59 Å². The molecule has 1 unspecified atom stereocenters. The molecule has 20 heavy (non-hydrogen) atoms. The average Bonchev–Trinajstić information content (AvgIpc) is 2.37. The Morgan fingerprint density at radius 3 is 2.35 bits per heavy atom. The second-order valence-corrected chi connectivity index (χ2v) is 6.37. The number of benzene rings is 1. The van der Waals surface area contributed by atoms with Gasteiger partial charge in [0.1, 0.15) is 0 Å². The van der Waals surface area contributed by atoms with E-state index in [1.54, 1.807) is 12.1 Å².